The smallest absolute Gasteiger partial charge is 0.255 e. The quantitative estimate of drug-likeness (QED) is 0.716. The van der Waals surface area contributed by atoms with Crippen molar-refractivity contribution < 1.29 is 4.79 Å². The highest BCUT2D eigenvalue weighted by atomic mass is 127. The lowest BCUT2D eigenvalue weighted by Gasteiger charge is -2.52. The lowest BCUT2D eigenvalue weighted by atomic mass is 9.58. The zero-order valence-electron chi connectivity index (χ0n) is 9.96. The molecule has 2 unspecified atom stereocenters. The summed E-state index contributed by atoms with van der Waals surface area (Å²) in [5.41, 5.74) is 6.38. The van der Waals surface area contributed by atoms with E-state index in [0.717, 1.165) is 10.1 Å². The number of amides is 1. The van der Waals surface area contributed by atoms with Gasteiger partial charge in [0.05, 0.1) is 11.8 Å². The molecule has 2 rings (SSSR count). The molecule has 0 saturated heterocycles. The number of aromatic amines is 1. The maximum Gasteiger partial charge on any atom is 0.255 e. The van der Waals surface area contributed by atoms with E-state index >= 15 is 0 Å². The van der Waals surface area contributed by atoms with Crippen LogP contribution < -0.4 is 11.1 Å². The van der Waals surface area contributed by atoms with Crippen LogP contribution in [0.4, 0.5) is 0 Å². The van der Waals surface area contributed by atoms with Gasteiger partial charge in [0, 0.05) is 6.04 Å². The van der Waals surface area contributed by atoms with Gasteiger partial charge in [0.15, 0.2) is 0 Å². The predicted octanol–water partition coefficient (Wildman–Crippen LogP) is 1.12. The van der Waals surface area contributed by atoms with Gasteiger partial charge < -0.3 is 11.1 Å². The Morgan fingerprint density at radius 1 is 1.76 bits per heavy atom. The van der Waals surface area contributed by atoms with Gasteiger partial charge in [-0.15, -0.1) is 0 Å². The van der Waals surface area contributed by atoms with E-state index in [1.54, 1.807) is 6.20 Å². The molecule has 1 heterocycles. The summed E-state index contributed by atoms with van der Waals surface area (Å²) in [7, 11) is 0. The number of carbonyl (C=O) groups is 1. The second kappa shape index (κ2) is 4.56. The number of nitrogens with one attached hydrogen (secondary N) is 2. The van der Waals surface area contributed by atoms with Gasteiger partial charge in [-0.2, -0.15) is 5.10 Å². The molecule has 1 aliphatic carbocycles. The van der Waals surface area contributed by atoms with Crippen molar-refractivity contribution in [1.82, 2.24) is 15.5 Å². The highest BCUT2D eigenvalue weighted by Crippen LogP contribution is 2.45. The average molecular weight is 348 g/mol. The second-order valence-corrected chi connectivity index (χ2v) is 6.19. The van der Waals surface area contributed by atoms with Gasteiger partial charge in [0.25, 0.3) is 5.91 Å². The number of carbonyl (C=O) groups excluding carboxylic acids is 1. The molecular weight excluding hydrogens is 331 g/mol. The number of nitrogens with zero attached hydrogens (tertiary/aromatic N) is 1. The molecule has 0 radical (unpaired) electrons. The summed E-state index contributed by atoms with van der Waals surface area (Å²) >= 11 is 2.07. The molecule has 4 N–H and O–H groups in total. The number of halogens is 1. The topological polar surface area (TPSA) is 83.8 Å². The first-order chi connectivity index (χ1) is 7.96. The third-order valence-corrected chi connectivity index (χ3v) is 4.72. The van der Waals surface area contributed by atoms with E-state index in [1.807, 2.05) is 0 Å². The van der Waals surface area contributed by atoms with Crippen LogP contribution in [0.5, 0.6) is 0 Å². The summed E-state index contributed by atoms with van der Waals surface area (Å²) in [5.74, 6) is 0.438. The minimum atomic E-state index is -0.0586. The van der Waals surface area contributed by atoms with Gasteiger partial charge in [-0.05, 0) is 46.9 Å². The summed E-state index contributed by atoms with van der Waals surface area (Å²) in [6, 6.07) is 0.203. The monoisotopic (exact) mass is 348 g/mol. The van der Waals surface area contributed by atoms with Crippen molar-refractivity contribution in [1.29, 1.82) is 0 Å². The van der Waals surface area contributed by atoms with Gasteiger partial charge in [-0.1, -0.05) is 13.8 Å². The van der Waals surface area contributed by atoms with Crippen molar-refractivity contribution in [3.05, 3.63) is 15.5 Å². The molecule has 0 aliphatic heterocycles. The fraction of sp³-hybridized carbons (Fsp3) is 0.636. The first-order valence-electron chi connectivity index (χ1n) is 5.66. The molecule has 0 aromatic carbocycles. The third-order valence-electron chi connectivity index (χ3n) is 3.90. The largest absolute Gasteiger partial charge is 0.349 e. The van der Waals surface area contributed by atoms with Gasteiger partial charge in [0.1, 0.15) is 3.70 Å². The van der Waals surface area contributed by atoms with Gasteiger partial charge in [0.2, 0.25) is 0 Å². The standard InChI is InChI=1S/C11H17IN4O/c1-11(2)6(4-13)3-8(11)15-10(17)7-5-14-16-9(7)12/h5-6,8H,3-4,13H2,1-2H3,(H,14,16)(H,15,17). The second-order valence-electron chi connectivity index (χ2n) is 5.11. The Morgan fingerprint density at radius 3 is 2.94 bits per heavy atom. The minimum Gasteiger partial charge on any atom is -0.349 e. The van der Waals surface area contributed by atoms with Gasteiger partial charge in [-0.3, -0.25) is 9.89 Å². The Bertz CT molecular complexity index is 429. The number of hydrogen-bond donors (Lipinski definition) is 3. The molecule has 0 bridgehead atoms. The summed E-state index contributed by atoms with van der Waals surface area (Å²) in [6.45, 7) is 4.99. The van der Waals surface area contributed by atoms with E-state index in [2.05, 4.69) is 52.0 Å². The molecule has 1 amide bonds. The molecule has 5 nitrogen and oxygen atoms in total. The number of rotatable bonds is 3. The van der Waals surface area contributed by atoms with Crippen LogP contribution in [-0.2, 0) is 0 Å². The first kappa shape index (κ1) is 12.8. The molecule has 0 spiro atoms. The highest BCUT2D eigenvalue weighted by Gasteiger charge is 2.47. The molecule has 1 aliphatic rings. The Hall–Kier alpha value is -0.630. The summed E-state index contributed by atoms with van der Waals surface area (Å²) < 4.78 is 0.771. The third kappa shape index (κ3) is 2.20. The SMILES string of the molecule is CC1(C)C(CN)CC1NC(=O)c1cn[nH]c1I. The van der Waals surface area contributed by atoms with Crippen LogP contribution in [0.3, 0.4) is 0 Å². The number of hydrogen-bond acceptors (Lipinski definition) is 3. The van der Waals surface area contributed by atoms with E-state index < -0.39 is 0 Å². The van der Waals surface area contributed by atoms with Crippen molar-refractivity contribution in [2.24, 2.45) is 17.1 Å². The van der Waals surface area contributed by atoms with Crippen molar-refractivity contribution in [3.8, 4) is 0 Å². The van der Waals surface area contributed by atoms with Crippen LogP contribution in [0.2, 0.25) is 0 Å². The fourth-order valence-electron chi connectivity index (χ4n) is 2.33. The van der Waals surface area contributed by atoms with Crippen LogP contribution in [-0.4, -0.2) is 28.7 Å². The lowest BCUT2D eigenvalue weighted by molar-refractivity contribution is 0.0200. The molecule has 1 fully saturated rings. The zero-order valence-corrected chi connectivity index (χ0v) is 12.1. The Labute approximate surface area is 114 Å². The predicted molar refractivity (Wildman–Crippen MR) is 73.5 cm³/mol. The molecule has 6 heteroatoms. The molecule has 1 aromatic heterocycles. The summed E-state index contributed by atoms with van der Waals surface area (Å²) in [6.07, 6.45) is 2.52. The van der Waals surface area contributed by atoms with E-state index in [0.29, 0.717) is 18.0 Å². The van der Waals surface area contributed by atoms with Crippen molar-refractivity contribution >= 4 is 28.5 Å². The van der Waals surface area contributed by atoms with Crippen LogP contribution >= 0.6 is 22.6 Å². The van der Waals surface area contributed by atoms with Crippen LogP contribution in [0, 0.1) is 15.0 Å². The number of H-pyrrole nitrogens is 1. The van der Waals surface area contributed by atoms with Crippen LogP contribution in [0.25, 0.3) is 0 Å². The molecule has 94 valence electrons. The number of aromatic nitrogens is 2. The van der Waals surface area contributed by atoms with Gasteiger partial charge in [-0.25, -0.2) is 0 Å². The van der Waals surface area contributed by atoms with Crippen LogP contribution in [0.1, 0.15) is 30.6 Å². The van der Waals surface area contributed by atoms with Gasteiger partial charge >= 0.3 is 0 Å². The van der Waals surface area contributed by atoms with Crippen LogP contribution in [0.15, 0.2) is 6.20 Å². The normalized spacial score (nSPS) is 26.4. The molecule has 17 heavy (non-hydrogen) atoms. The Morgan fingerprint density at radius 2 is 2.47 bits per heavy atom. The highest BCUT2D eigenvalue weighted by molar-refractivity contribution is 14.1. The van der Waals surface area contributed by atoms with Crippen molar-refractivity contribution in [2.45, 2.75) is 26.3 Å². The Balaban J connectivity index is 2.00. The average Bonchev–Trinajstić information content (AvgIpc) is 2.69. The van der Waals surface area contributed by atoms with E-state index in [9.17, 15) is 4.79 Å². The fourth-order valence-corrected chi connectivity index (χ4v) is 2.85. The maximum atomic E-state index is 12.0. The van der Waals surface area contributed by atoms with Crippen molar-refractivity contribution in [3.63, 3.8) is 0 Å². The molecule has 1 saturated carbocycles. The zero-order chi connectivity index (χ0) is 12.6. The van der Waals surface area contributed by atoms with E-state index in [1.165, 1.54) is 0 Å². The van der Waals surface area contributed by atoms with E-state index in [4.69, 9.17) is 5.73 Å². The molecule has 1 aromatic rings. The van der Waals surface area contributed by atoms with E-state index in [-0.39, 0.29) is 17.4 Å². The Kier molecular flexibility index (Phi) is 3.44. The maximum absolute atomic E-state index is 12.0. The first-order valence-corrected chi connectivity index (χ1v) is 6.74. The minimum absolute atomic E-state index is 0.0586. The molecule has 2 atom stereocenters. The summed E-state index contributed by atoms with van der Waals surface area (Å²) in [5, 5.41) is 9.66. The summed E-state index contributed by atoms with van der Waals surface area (Å²) in [4.78, 5) is 12.0. The lowest BCUT2D eigenvalue weighted by Crippen LogP contribution is -2.60. The molecular formula is C11H17IN4O. The van der Waals surface area contributed by atoms with Crippen molar-refractivity contribution in [2.75, 3.05) is 6.54 Å². The number of nitrogens with two attached hydrogens (primary N) is 1.